The molecule has 1 fully saturated rings. The number of hydrogen-bond donors (Lipinski definition) is 1. The number of halogens is 2. The van der Waals surface area contributed by atoms with Gasteiger partial charge in [-0.15, -0.1) is 0 Å². The van der Waals surface area contributed by atoms with Gasteiger partial charge in [-0.2, -0.15) is 0 Å². The first-order chi connectivity index (χ1) is 13.4. The number of ether oxygens (including phenoxy) is 1. The lowest BCUT2D eigenvalue weighted by Gasteiger charge is -2.29. The molecule has 0 radical (unpaired) electrons. The number of rotatable bonds is 4. The van der Waals surface area contributed by atoms with Crippen LogP contribution in [0.3, 0.4) is 0 Å². The van der Waals surface area contributed by atoms with Crippen LogP contribution in [0.25, 0.3) is 0 Å². The van der Waals surface area contributed by atoms with Crippen LogP contribution < -0.4 is 10.1 Å². The first-order valence-corrected chi connectivity index (χ1v) is 9.52. The molecule has 0 aliphatic carbocycles. The van der Waals surface area contributed by atoms with Crippen LogP contribution in [0.5, 0.6) is 5.75 Å². The van der Waals surface area contributed by atoms with E-state index < -0.39 is 11.9 Å². The van der Waals surface area contributed by atoms with Crippen molar-refractivity contribution in [3.8, 4) is 5.75 Å². The molecule has 6 nitrogen and oxygen atoms in total. The van der Waals surface area contributed by atoms with Crippen molar-refractivity contribution >= 4 is 40.9 Å². The zero-order valence-electron chi connectivity index (χ0n) is 14.7. The van der Waals surface area contributed by atoms with Gasteiger partial charge in [0.25, 0.3) is 5.91 Å². The Kier molecular flexibility index (Phi) is 5.00. The Labute approximate surface area is 171 Å². The van der Waals surface area contributed by atoms with Crippen molar-refractivity contribution in [3.63, 3.8) is 0 Å². The van der Waals surface area contributed by atoms with E-state index in [2.05, 4.69) is 5.32 Å². The molecule has 28 heavy (non-hydrogen) atoms. The highest BCUT2D eigenvalue weighted by atomic mass is 35.5. The number of hydrogen-bond acceptors (Lipinski definition) is 4. The van der Waals surface area contributed by atoms with Crippen molar-refractivity contribution in [2.75, 3.05) is 0 Å². The molecule has 4 rings (SSSR count). The van der Waals surface area contributed by atoms with Crippen molar-refractivity contribution in [1.29, 1.82) is 0 Å². The fraction of sp³-hybridized carbons (Fsp3) is 0.250. The molecule has 2 aromatic rings. The summed E-state index contributed by atoms with van der Waals surface area (Å²) in [7, 11) is 0. The van der Waals surface area contributed by atoms with Crippen LogP contribution in [0, 0.1) is 0 Å². The van der Waals surface area contributed by atoms with Crippen LogP contribution in [0.4, 0.5) is 0 Å². The molecular formula is C20H16Cl2N2O4. The molecule has 1 unspecified atom stereocenters. The second-order valence-corrected chi connectivity index (χ2v) is 7.62. The maximum absolute atomic E-state index is 12.8. The third kappa shape index (κ3) is 3.57. The predicted octanol–water partition coefficient (Wildman–Crippen LogP) is 3.33. The number of amides is 3. The molecule has 1 atom stereocenters. The fourth-order valence-electron chi connectivity index (χ4n) is 3.55. The Morgan fingerprint density at radius 1 is 1.11 bits per heavy atom. The molecule has 0 saturated carbocycles. The van der Waals surface area contributed by atoms with E-state index in [1.807, 2.05) is 0 Å². The number of carbonyl (C=O) groups is 3. The summed E-state index contributed by atoms with van der Waals surface area (Å²) in [6.45, 7) is 0.496. The zero-order valence-corrected chi connectivity index (χ0v) is 16.2. The Balaban J connectivity index is 1.54. The first-order valence-electron chi connectivity index (χ1n) is 8.76. The second-order valence-electron chi connectivity index (χ2n) is 6.75. The van der Waals surface area contributed by atoms with E-state index in [9.17, 15) is 14.4 Å². The van der Waals surface area contributed by atoms with E-state index in [0.717, 1.165) is 11.1 Å². The van der Waals surface area contributed by atoms with Crippen LogP contribution in [0.15, 0.2) is 36.4 Å². The molecule has 2 aliphatic rings. The SMILES string of the molecule is O=C1CCC(N2Cc3c(OCc4cc(Cl)cc(Cl)c4)cccc3C2=O)C(=O)N1. The van der Waals surface area contributed by atoms with Gasteiger partial charge in [0.1, 0.15) is 18.4 Å². The molecule has 2 aliphatic heterocycles. The third-order valence-corrected chi connectivity index (χ3v) is 5.29. The van der Waals surface area contributed by atoms with Crippen LogP contribution in [0.2, 0.25) is 10.0 Å². The standard InChI is InChI=1S/C20H16Cl2N2O4/c21-12-6-11(7-13(22)8-12)10-28-17-3-1-2-14-15(17)9-24(20(14)27)16-4-5-18(25)23-19(16)26/h1-3,6-8,16H,4-5,9-10H2,(H,23,25,26). The Morgan fingerprint density at radius 3 is 2.57 bits per heavy atom. The van der Waals surface area contributed by atoms with Gasteiger partial charge in [0, 0.05) is 27.6 Å². The van der Waals surface area contributed by atoms with E-state index in [-0.39, 0.29) is 31.4 Å². The lowest BCUT2D eigenvalue weighted by atomic mass is 10.0. The molecule has 0 bridgehead atoms. The zero-order chi connectivity index (χ0) is 19.8. The Bertz CT molecular complexity index is 972. The summed E-state index contributed by atoms with van der Waals surface area (Å²) in [6, 6.07) is 9.75. The molecule has 1 N–H and O–H groups in total. The van der Waals surface area contributed by atoms with Gasteiger partial charge in [0.05, 0.1) is 6.54 Å². The molecule has 2 heterocycles. The molecule has 2 aromatic carbocycles. The maximum Gasteiger partial charge on any atom is 0.255 e. The van der Waals surface area contributed by atoms with Crippen LogP contribution in [0.1, 0.15) is 34.3 Å². The average molecular weight is 419 g/mol. The van der Waals surface area contributed by atoms with E-state index in [4.69, 9.17) is 27.9 Å². The summed E-state index contributed by atoms with van der Waals surface area (Å²) in [6.07, 6.45) is 0.539. The lowest BCUT2D eigenvalue weighted by Crippen LogP contribution is -2.52. The van der Waals surface area contributed by atoms with Crippen molar-refractivity contribution < 1.29 is 19.1 Å². The minimum Gasteiger partial charge on any atom is -0.489 e. The molecule has 144 valence electrons. The van der Waals surface area contributed by atoms with Gasteiger partial charge < -0.3 is 9.64 Å². The summed E-state index contributed by atoms with van der Waals surface area (Å²) in [4.78, 5) is 37.9. The summed E-state index contributed by atoms with van der Waals surface area (Å²) in [5.41, 5.74) is 2.04. The monoisotopic (exact) mass is 418 g/mol. The lowest BCUT2D eigenvalue weighted by molar-refractivity contribution is -0.136. The molecule has 1 saturated heterocycles. The van der Waals surface area contributed by atoms with Crippen LogP contribution >= 0.6 is 23.2 Å². The third-order valence-electron chi connectivity index (χ3n) is 4.86. The van der Waals surface area contributed by atoms with Gasteiger partial charge in [-0.25, -0.2) is 0 Å². The summed E-state index contributed by atoms with van der Waals surface area (Å²) < 4.78 is 5.92. The van der Waals surface area contributed by atoms with Crippen molar-refractivity contribution in [2.24, 2.45) is 0 Å². The summed E-state index contributed by atoms with van der Waals surface area (Å²) in [5, 5.41) is 3.33. The number of nitrogens with zero attached hydrogens (tertiary/aromatic N) is 1. The Morgan fingerprint density at radius 2 is 1.86 bits per heavy atom. The summed E-state index contributed by atoms with van der Waals surface area (Å²) >= 11 is 12.0. The smallest absolute Gasteiger partial charge is 0.255 e. The molecule has 8 heteroatoms. The number of carbonyl (C=O) groups excluding carboxylic acids is 3. The minimum absolute atomic E-state index is 0.218. The largest absolute Gasteiger partial charge is 0.489 e. The van der Waals surface area contributed by atoms with Gasteiger partial charge >= 0.3 is 0 Å². The molecule has 3 amide bonds. The van der Waals surface area contributed by atoms with Crippen molar-refractivity contribution in [1.82, 2.24) is 10.2 Å². The first kappa shape index (κ1) is 18.8. The van der Waals surface area contributed by atoms with Crippen LogP contribution in [-0.4, -0.2) is 28.7 Å². The van der Waals surface area contributed by atoms with Gasteiger partial charge in [-0.05, 0) is 42.3 Å². The van der Waals surface area contributed by atoms with Gasteiger partial charge in [-0.1, -0.05) is 29.3 Å². The number of imide groups is 1. The number of fused-ring (bicyclic) bond motifs is 1. The van der Waals surface area contributed by atoms with Gasteiger partial charge in [-0.3, -0.25) is 19.7 Å². The highest BCUT2D eigenvalue weighted by Crippen LogP contribution is 2.34. The quantitative estimate of drug-likeness (QED) is 0.772. The Hall–Kier alpha value is -2.57. The average Bonchev–Trinajstić information content (AvgIpc) is 2.97. The van der Waals surface area contributed by atoms with E-state index in [1.54, 1.807) is 36.4 Å². The second kappa shape index (κ2) is 7.45. The maximum atomic E-state index is 12.8. The highest BCUT2D eigenvalue weighted by Gasteiger charge is 2.40. The number of benzene rings is 2. The summed E-state index contributed by atoms with van der Waals surface area (Å²) in [5.74, 6) is -0.416. The number of nitrogens with one attached hydrogen (secondary N) is 1. The minimum atomic E-state index is -0.655. The van der Waals surface area contributed by atoms with E-state index >= 15 is 0 Å². The topological polar surface area (TPSA) is 75.7 Å². The molecule has 0 spiro atoms. The van der Waals surface area contributed by atoms with Crippen LogP contribution in [-0.2, 0) is 22.7 Å². The normalized spacial score (nSPS) is 18.9. The van der Waals surface area contributed by atoms with Crippen molar-refractivity contribution in [3.05, 3.63) is 63.1 Å². The van der Waals surface area contributed by atoms with Crippen molar-refractivity contribution in [2.45, 2.75) is 32.0 Å². The van der Waals surface area contributed by atoms with Gasteiger partial charge in [0.15, 0.2) is 0 Å². The van der Waals surface area contributed by atoms with Gasteiger partial charge in [0.2, 0.25) is 11.8 Å². The highest BCUT2D eigenvalue weighted by molar-refractivity contribution is 6.34. The number of piperidine rings is 1. The van der Waals surface area contributed by atoms with E-state index in [1.165, 1.54) is 4.90 Å². The predicted molar refractivity (Wildman–Crippen MR) is 103 cm³/mol. The fourth-order valence-corrected chi connectivity index (χ4v) is 4.12. The molecule has 0 aromatic heterocycles. The van der Waals surface area contributed by atoms with E-state index in [0.29, 0.717) is 27.8 Å². The molecular weight excluding hydrogens is 403 g/mol.